The molecule has 0 spiro atoms. The maximum atomic E-state index is 12.2. The molecule has 6 nitrogen and oxygen atoms in total. The van der Waals surface area contributed by atoms with Crippen molar-refractivity contribution in [2.75, 3.05) is 5.43 Å². The molecule has 3 rings (SSSR count). The minimum Gasteiger partial charge on any atom is -0.267 e. The van der Waals surface area contributed by atoms with Gasteiger partial charge in [0.1, 0.15) is 0 Å². The third-order valence-electron chi connectivity index (χ3n) is 2.84. The van der Waals surface area contributed by atoms with Crippen LogP contribution in [0.2, 0.25) is 0 Å². The Bertz CT molecular complexity index is 810. The summed E-state index contributed by atoms with van der Waals surface area (Å²) in [6.07, 6.45) is 3.09. The Labute approximate surface area is 125 Å². The van der Waals surface area contributed by atoms with Crippen molar-refractivity contribution < 1.29 is 4.79 Å². The van der Waals surface area contributed by atoms with E-state index in [0.29, 0.717) is 16.2 Å². The first-order valence-corrected chi connectivity index (χ1v) is 6.61. The predicted octanol–water partition coefficient (Wildman–Crippen LogP) is 2.39. The summed E-state index contributed by atoms with van der Waals surface area (Å²) in [6.45, 7) is 0. The molecular weight excluding hydrogens is 286 g/mol. The van der Waals surface area contributed by atoms with Crippen LogP contribution < -0.4 is 5.43 Å². The summed E-state index contributed by atoms with van der Waals surface area (Å²) in [5, 5.41) is 6.83. The normalized spacial score (nSPS) is 10.3. The summed E-state index contributed by atoms with van der Waals surface area (Å²) < 4.78 is 1.76. The lowest BCUT2D eigenvalue weighted by atomic mass is 10.2. The minimum absolute atomic E-state index is 0.308. The van der Waals surface area contributed by atoms with Crippen LogP contribution in [0.3, 0.4) is 0 Å². The summed E-state index contributed by atoms with van der Waals surface area (Å²) >= 11 is 5.16. The standard InChI is InChI=1S/C14H11N5OS/c20-13(11-7-4-8-15-9-11)18-19-12(16-17-14(19)21)10-5-2-1-3-6-10/h1-9H,(H,17,21)(H,18,20). The number of benzene rings is 1. The topological polar surface area (TPSA) is 75.6 Å². The molecule has 3 aromatic rings. The van der Waals surface area contributed by atoms with Crippen LogP contribution in [0.15, 0.2) is 54.9 Å². The van der Waals surface area contributed by atoms with Crippen molar-refractivity contribution in [2.45, 2.75) is 0 Å². The summed E-state index contributed by atoms with van der Waals surface area (Å²) in [5.74, 6) is 0.232. The highest BCUT2D eigenvalue weighted by Crippen LogP contribution is 2.15. The summed E-state index contributed by atoms with van der Waals surface area (Å²) in [6, 6.07) is 12.8. The van der Waals surface area contributed by atoms with Gasteiger partial charge in [-0.3, -0.25) is 15.2 Å². The second kappa shape index (κ2) is 5.68. The van der Waals surface area contributed by atoms with E-state index < -0.39 is 0 Å². The number of carbonyl (C=O) groups excluding carboxylic acids is 1. The number of H-pyrrole nitrogens is 1. The van der Waals surface area contributed by atoms with Crippen LogP contribution in [0.4, 0.5) is 0 Å². The molecule has 0 saturated heterocycles. The summed E-state index contributed by atoms with van der Waals surface area (Å²) in [5.41, 5.74) is 4.00. The first kappa shape index (κ1) is 13.2. The van der Waals surface area contributed by atoms with E-state index in [1.54, 1.807) is 18.3 Å². The third-order valence-corrected chi connectivity index (χ3v) is 3.12. The molecule has 0 bridgehead atoms. The smallest absolute Gasteiger partial charge is 0.267 e. The molecule has 21 heavy (non-hydrogen) atoms. The van der Waals surface area contributed by atoms with Gasteiger partial charge in [-0.25, -0.2) is 9.77 Å². The Kier molecular flexibility index (Phi) is 3.57. The maximum absolute atomic E-state index is 12.2. The van der Waals surface area contributed by atoms with E-state index in [9.17, 15) is 4.79 Å². The molecule has 7 heteroatoms. The molecule has 0 fully saturated rings. The fourth-order valence-corrected chi connectivity index (χ4v) is 2.02. The summed E-state index contributed by atoms with van der Waals surface area (Å²) in [4.78, 5) is 16.1. The number of hydrogen-bond donors (Lipinski definition) is 2. The first-order valence-electron chi connectivity index (χ1n) is 6.20. The Morgan fingerprint density at radius 3 is 2.71 bits per heavy atom. The molecule has 104 valence electrons. The van der Waals surface area contributed by atoms with Gasteiger partial charge in [-0.1, -0.05) is 30.3 Å². The quantitative estimate of drug-likeness (QED) is 0.728. The molecule has 0 unspecified atom stereocenters. The Balaban J connectivity index is 1.95. The van der Waals surface area contributed by atoms with E-state index in [4.69, 9.17) is 12.2 Å². The fourth-order valence-electron chi connectivity index (χ4n) is 1.84. The largest absolute Gasteiger partial charge is 0.271 e. The van der Waals surface area contributed by atoms with Crippen molar-refractivity contribution in [1.82, 2.24) is 19.9 Å². The lowest BCUT2D eigenvalue weighted by molar-refractivity contribution is 0.101. The highest BCUT2D eigenvalue weighted by atomic mass is 32.1. The van der Waals surface area contributed by atoms with Gasteiger partial charge in [0.15, 0.2) is 5.82 Å². The molecule has 0 radical (unpaired) electrons. The maximum Gasteiger partial charge on any atom is 0.271 e. The Morgan fingerprint density at radius 1 is 1.19 bits per heavy atom. The van der Waals surface area contributed by atoms with Gasteiger partial charge in [0.05, 0.1) is 5.56 Å². The van der Waals surface area contributed by atoms with E-state index in [1.165, 1.54) is 10.9 Å². The highest BCUT2D eigenvalue weighted by molar-refractivity contribution is 7.71. The lowest BCUT2D eigenvalue weighted by Gasteiger charge is -2.08. The molecule has 2 aromatic heterocycles. The monoisotopic (exact) mass is 297 g/mol. The zero-order valence-electron chi connectivity index (χ0n) is 10.9. The fraction of sp³-hybridized carbons (Fsp3) is 0. The lowest BCUT2D eigenvalue weighted by Crippen LogP contribution is -2.24. The second-order valence-electron chi connectivity index (χ2n) is 4.24. The third kappa shape index (κ3) is 2.72. The molecule has 1 aromatic carbocycles. The van der Waals surface area contributed by atoms with Crippen molar-refractivity contribution in [3.05, 3.63) is 65.2 Å². The zero-order chi connectivity index (χ0) is 14.7. The van der Waals surface area contributed by atoms with Crippen molar-refractivity contribution in [3.63, 3.8) is 0 Å². The molecule has 0 saturated carbocycles. The number of pyridine rings is 1. The van der Waals surface area contributed by atoms with Crippen molar-refractivity contribution in [1.29, 1.82) is 0 Å². The van der Waals surface area contributed by atoms with Gasteiger partial charge < -0.3 is 0 Å². The van der Waals surface area contributed by atoms with Crippen LogP contribution in [0.1, 0.15) is 10.4 Å². The number of nitrogens with one attached hydrogen (secondary N) is 2. The van der Waals surface area contributed by atoms with Crippen molar-refractivity contribution in [3.8, 4) is 11.4 Å². The molecule has 0 aliphatic carbocycles. The molecule has 0 atom stereocenters. The van der Waals surface area contributed by atoms with E-state index in [2.05, 4.69) is 20.6 Å². The van der Waals surface area contributed by atoms with Gasteiger partial charge in [0, 0.05) is 18.0 Å². The summed E-state index contributed by atoms with van der Waals surface area (Å²) in [7, 11) is 0. The zero-order valence-corrected chi connectivity index (χ0v) is 11.7. The number of nitrogens with zero attached hydrogens (tertiary/aromatic N) is 3. The molecule has 0 aliphatic rings. The molecular formula is C14H11N5OS. The van der Waals surface area contributed by atoms with E-state index in [1.807, 2.05) is 30.3 Å². The number of aromatic amines is 1. The average molecular weight is 297 g/mol. The van der Waals surface area contributed by atoms with Gasteiger partial charge in [-0.2, -0.15) is 5.10 Å². The SMILES string of the molecule is O=C(Nn1c(-c2ccccc2)n[nH]c1=S)c1cccnc1. The predicted molar refractivity (Wildman–Crippen MR) is 80.8 cm³/mol. The van der Waals surface area contributed by atoms with Crippen LogP contribution in [0, 0.1) is 4.77 Å². The minimum atomic E-state index is -0.308. The van der Waals surface area contributed by atoms with E-state index >= 15 is 0 Å². The Morgan fingerprint density at radius 2 is 2.00 bits per heavy atom. The van der Waals surface area contributed by atoms with Crippen LogP contribution in [0.5, 0.6) is 0 Å². The number of carbonyl (C=O) groups is 1. The van der Waals surface area contributed by atoms with Crippen molar-refractivity contribution >= 4 is 18.1 Å². The van der Waals surface area contributed by atoms with Crippen LogP contribution in [-0.2, 0) is 0 Å². The molecule has 1 amide bonds. The number of amides is 1. The molecule has 0 aliphatic heterocycles. The average Bonchev–Trinajstić information content (AvgIpc) is 2.90. The van der Waals surface area contributed by atoms with Gasteiger partial charge in [0.2, 0.25) is 4.77 Å². The van der Waals surface area contributed by atoms with E-state index in [-0.39, 0.29) is 5.91 Å². The van der Waals surface area contributed by atoms with Crippen molar-refractivity contribution in [2.24, 2.45) is 0 Å². The Hall–Kier alpha value is -2.80. The van der Waals surface area contributed by atoms with Crippen LogP contribution >= 0.6 is 12.2 Å². The first-order chi connectivity index (χ1) is 10.3. The van der Waals surface area contributed by atoms with Gasteiger partial charge in [-0.05, 0) is 24.4 Å². The number of hydrogen-bond acceptors (Lipinski definition) is 4. The van der Waals surface area contributed by atoms with Crippen LogP contribution in [0.25, 0.3) is 11.4 Å². The molecule has 2 heterocycles. The molecule has 2 N–H and O–H groups in total. The number of rotatable bonds is 3. The van der Waals surface area contributed by atoms with E-state index in [0.717, 1.165) is 5.56 Å². The number of aromatic nitrogens is 4. The van der Waals surface area contributed by atoms with Gasteiger partial charge >= 0.3 is 0 Å². The van der Waals surface area contributed by atoms with Crippen LogP contribution in [-0.4, -0.2) is 25.8 Å². The van der Waals surface area contributed by atoms with Gasteiger partial charge in [0.25, 0.3) is 5.91 Å². The van der Waals surface area contributed by atoms with Gasteiger partial charge in [-0.15, -0.1) is 0 Å². The second-order valence-corrected chi connectivity index (χ2v) is 4.62. The highest BCUT2D eigenvalue weighted by Gasteiger charge is 2.12.